The first-order valence-electron chi connectivity index (χ1n) is 6.39. The predicted octanol–water partition coefficient (Wildman–Crippen LogP) is 0.584. The van der Waals surface area contributed by atoms with Crippen molar-refractivity contribution in [1.82, 2.24) is 29.5 Å². The molecule has 1 atom stereocenters. The SMILES string of the molecule is OC[C@@](Cn1cncn1)(c1ccc(F)cc1F)n1cncn1. The molecule has 0 aliphatic rings. The molecule has 1 N–H and O–H groups in total. The maximum Gasteiger partial charge on any atom is 0.137 e. The molecule has 22 heavy (non-hydrogen) atoms. The van der Waals surface area contributed by atoms with Crippen molar-refractivity contribution in [2.24, 2.45) is 0 Å². The maximum absolute atomic E-state index is 14.3. The molecule has 0 bridgehead atoms. The summed E-state index contributed by atoms with van der Waals surface area (Å²) in [7, 11) is 0. The van der Waals surface area contributed by atoms with Crippen molar-refractivity contribution in [2.45, 2.75) is 12.1 Å². The maximum atomic E-state index is 14.3. The van der Waals surface area contributed by atoms with Crippen molar-refractivity contribution in [3.8, 4) is 0 Å². The van der Waals surface area contributed by atoms with Gasteiger partial charge in [0.1, 0.15) is 42.5 Å². The quantitative estimate of drug-likeness (QED) is 0.746. The number of hydrogen-bond donors (Lipinski definition) is 1. The Morgan fingerprint density at radius 1 is 1.09 bits per heavy atom. The molecule has 0 fully saturated rings. The van der Waals surface area contributed by atoms with Gasteiger partial charge in [0.15, 0.2) is 0 Å². The van der Waals surface area contributed by atoms with Crippen LogP contribution in [-0.4, -0.2) is 41.2 Å². The summed E-state index contributed by atoms with van der Waals surface area (Å²) in [4.78, 5) is 7.66. The van der Waals surface area contributed by atoms with Crippen LogP contribution in [0, 0.1) is 11.6 Å². The van der Waals surface area contributed by atoms with E-state index >= 15 is 0 Å². The number of aromatic nitrogens is 6. The molecule has 3 aromatic rings. The van der Waals surface area contributed by atoms with Crippen LogP contribution in [0.5, 0.6) is 0 Å². The van der Waals surface area contributed by atoms with Crippen LogP contribution in [0.4, 0.5) is 8.78 Å². The minimum atomic E-state index is -1.32. The molecule has 0 unspecified atom stereocenters. The van der Waals surface area contributed by atoms with Gasteiger partial charge in [0.2, 0.25) is 0 Å². The molecule has 0 spiro atoms. The zero-order valence-corrected chi connectivity index (χ0v) is 11.3. The highest BCUT2D eigenvalue weighted by molar-refractivity contribution is 5.28. The van der Waals surface area contributed by atoms with E-state index in [1.165, 1.54) is 40.7 Å². The van der Waals surface area contributed by atoms with Gasteiger partial charge in [-0.3, -0.25) is 4.68 Å². The highest BCUT2D eigenvalue weighted by Crippen LogP contribution is 2.29. The van der Waals surface area contributed by atoms with Crippen LogP contribution >= 0.6 is 0 Å². The van der Waals surface area contributed by atoms with Gasteiger partial charge in [0.05, 0.1) is 13.2 Å². The van der Waals surface area contributed by atoms with E-state index in [0.717, 1.165) is 12.1 Å². The zero-order valence-electron chi connectivity index (χ0n) is 11.3. The summed E-state index contributed by atoms with van der Waals surface area (Å²) in [6.07, 6.45) is 5.39. The van der Waals surface area contributed by atoms with E-state index in [1.54, 1.807) is 0 Å². The molecule has 0 radical (unpaired) electrons. The molecule has 7 nitrogen and oxygen atoms in total. The van der Waals surface area contributed by atoms with E-state index in [-0.39, 0.29) is 12.1 Å². The monoisotopic (exact) mass is 306 g/mol. The Morgan fingerprint density at radius 3 is 2.45 bits per heavy atom. The third-order valence-electron chi connectivity index (χ3n) is 3.44. The number of aliphatic hydroxyl groups is 1. The topological polar surface area (TPSA) is 81.6 Å². The summed E-state index contributed by atoms with van der Waals surface area (Å²) in [5, 5.41) is 18.0. The lowest BCUT2D eigenvalue weighted by atomic mass is 9.90. The van der Waals surface area contributed by atoms with Crippen molar-refractivity contribution < 1.29 is 13.9 Å². The van der Waals surface area contributed by atoms with Crippen molar-refractivity contribution in [1.29, 1.82) is 0 Å². The highest BCUT2D eigenvalue weighted by Gasteiger charge is 2.38. The second kappa shape index (κ2) is 5.60. The average molecular weight is 306 g/mol. The van der Waals surface area contributed by atoms with Crippen LogP contribution in [0.3, 0.4) is 0 Å². The van der Waals surface area contributed by atoms with Gasteiger partial charge in [-0.15, -0.1) is 0 Å². The van der Waals surface area contributed by atoms with Gasteiger partial charge in [-0.05, 0) is 6.07 Å². The fourth-order valence-electron chi connectivity index (χ4n) is 2.37. The molecule has 114 valence electrons. The fraction of sp³-hybridized carbons (Fsp3) is 0.231. The van der Waals surface area contributed by atoms with E-state index in [1.807, 2.05) is 0 Å². The van der Waals surface area contributed by atoms with E-state index in [9.17, 15) is 13.9 Å². The number of nitrogens with zero attached hydrogens (tertiary/aromatic N) is 6. The lowest BCUT2D eigenvalue weighted by molar-refractivity contribution is 0.127. The van der Waals surface area contributed by atoms with E-state index in [2.05, 4.69) is 20.2 Å². The van der Waals surface area contributed by atoms with Crippen molar-refractivity contribution in [2.75, 3.05) is 6.61 Å². The molecule has 3 rings (SSSR count). The summed E-state index contributed by atoms with van der Waals surface area (Å²) >= 11 is 0. The number of rotatable bonds is 5. The van der Waals surface area contributed by atoms with Crippen LogP contribution in [-0.2, 0) is 12.1 Å². The average Bonchev–Trinajstić information content (AvgIpc) is 3.19. The molecule has 0 saturated carbocycles. The first-order valence-corrected chi connectivity index (χ1v) is 6.39. The predicted molar refractivity (Wildman–Crippen MR) is 70.6 cm³/mol. The molecule has 0 saturated heterocycles. The Bertz CT molecular complexity index is 746. The first kappa shape index (κ1) is 14.3. The van der Waals surface area contributed by atoms with Crippen LogP contribution in [0.1, 0.15) is 5.56 Å². The number of halogens is 2. The van der Waals surface area contributed by atoms with Crippen LogP contribution in [0.15, 0.2) is 43.5 Å². The fourth-order valence-corrected chi connectivity index (χ4v) is 2.37. The van der Waals surface area contributed by atoms with Gasteiger partial charge < -0.3 is 5.11 Å². The molecule has 0 aliphatic heterocycles. The molecule has 0 aliphatic carbocycles. The van der Waals surface area contributed by atoms with E-state index in [0.29, 0.717) is 0 Å². The van der Waals surface area contributed by atoms with Gasteiger partial charge in [-0.1, -0.05) is 6.07 Å². The standard InChI is InChI=1S/C13H12F2N6O/c14-10-1-2-11(12(15)3-10)13(5-22,21-9-17-7-19-21)4-20-8-16-6-18-20/h1-3,6-9,22H,4-5H2/t13-/m0/s1. The van der Waals surface area contributed by atoms with Gasteiger partial charge in [0.25, 0.3) is 0 Å². The largest absolute Gasteiger partial charge is 0.393 e. The second-order valence-corrected chi connectivity index (χ2v) is 4.75. The van der Waals surface area contributed by atoms with Crippen LogP contribution in [0.25, 0.3) is 0 Å². The summed E-state index contributed by atoms with van der Waals surface area (Å²) in [6.45, 7) is -0.436. The normalized spacial score (nSPS) is 14.0. The van der Waals surface area contributed by atoms with Gasteiger partial charge in [0, 0.05) is 11.6 Å². The minimum absolute atomic E-state index is 0.0510. The van der Waals surface area contributed by atoms with Crippen molar-refractivity contribution in [3.63, 3.8) is 0 Å². The van der Waals surface area contributed by atoms with Crippen molar-refractivity contribution in [3.05, 3.63) is 60.7 Å². The molecular formula is C13H12F2N6O. The number of aliphatic hydroxyl groups excluding tert-OH is 1. The third kappa shape index (κ3) is 2.35. The lowest BCUT2D eigenvalue weighted by Crippen LogP contribution is -2.44. The summed E-state index contributed by atoms with van der Waals surface area (Å²) < 4.78 is 30.2. The molecule has 0 amide bonds. The van der Waals surface area contributed by atoms with Gasteiger partial charge in [-0.25, -0.2) is 23.4 Å². The zero-order chi connectivity index (χ0) is 15.6. The molecule has 2 heterocycles. The number of hydrogen-bond acceptors (Lipinski definition) is 5. The Labute approximate surface area is 123 Å². The molecular weight excluding hydrogens is 294 g/mol. The summed E-state index contributed by atoms with van der Waals surface area (Å²) in [5.74, 6) is -1.49. The molecule has 1 aromatic carbocycles. The van der Waals surface area contributed by atoms with Crippen LogP contribution in [0.2, 0.25) is 0 Å². The van der Waals surface area contributed by atoms with Gasteiger partial charge in [-0.2, -0.15) is 10.2 Å². The highest BCUT2D eigenvalue weighted by atomic mass is 19.1. The first-order chi connectivity index (χ1) is 10.7. The smallest absolute Gasteiger partial charge is 0.137 e. The molecule has 9 heteroatoms. The van der Waals surface area contributed by atoms with Gasteiger partial charge >= 0.3 is 0 Å². The Hall–Kier alpha value is -2.68. The Kier molecular flexibility index (Phi) is 3.63. The van der Waals surface area contributed by atoms with E-state index in [4.69, 9.17) is 0 Å². The summed E-state index contributed by atoms with van der Waals surface area (Å²) in [6, 6.07) is 3.17. The van der Waals surface area contributed by atoms with Crippen LogP contribution < -0.4 is 0 Å². The Morgan fingerprint density at radius 2 is 1.86 bits per heavy atom. The summed E-state index contributed by atoms with van der Waals surface area (Å²) in [5.41, 5.74) is -1.24. The second-order valence-electron chi connectivity index (χ2n) is 4.75. The Balaban J connectivity index is 2.17. The lowest BCUT2D eigenvalue weighted by Gasteiger charge is -2.32. The third-order valence-corrected chi connectivity index (χ3v) is 3.44. The van der Waals surface area contributed by atoms with Crippen molar-refractivity contribution >= 4 is 0 Å². The molecule has 2 aromatic heterocycles. The van der Waals surface area contributed by atoms with E-state index < -0.39 is 23.8 Å². The number of benzene rings is 1. The minimum Gasteiger partial charge on any atom is -0.393 e.